The van der Waals surface area contributed by atoms with Crippen LogP contribution in [0, 0.1) is 13.8 Å². The second-order valence-corrected chi connectivity index (χ2v) is 8.96. The third kappa shape index (κ3) is 4.47. The standard InChI is InChI=1S/C27H23N3O2S/c1-17-9-6-7-14-22(17)28-23(31)16-33-27-21-15-20-13-8-10-18(2)24(20)32-26(21)29-25(30-27)19-11-4-3-5-12-19/h3-14H,15-16H2,1-2H3,(H,28,31). The van der Waals surface area contributed by atoms with Crippen LogP contribution in [0.15, 0.2) is 77.8 Å². The highest BCUT2D eigenvalue weighted by Gasteiger charge is 2.25. The molecule has 0 aliphatic carbocycles. The average molecular weight is 454 g/mol. The van der Waals surface area contributed by atoms with Crippen molar-refractivity contribution >= 4 is 23.4 Å². The van der Waals surface area contributed by atoms with Crippen LogP contribution in [0.2, 0.25) is 0 Å². The molecule has 1 aliphatic rings. The van der Waals surface area contributed by atoms with Gasteiger partial charge in [0.1, 0.15) is 10.8 Å². The Morgan fingerprint density at radius 2 is 1.70 bits per heavy atom. The zero-order valence-corrected chi connectivity index (χ0v) is 19.3. The van der Waals surface area contributed by atoms with E-state index in [1.165, 1.54) is 11.8 Å². The predicted octanol–water partition coefficient (Wildman–Crippen LogP) is 6.19. The highest BCUT2D eigenvalue weighted by molar-refractivity contribution is 8.00. The minimum atomic E-state index is -0.0732. The molecule has 5 rings (SSSR count). The molecule has 5 nitrogen and oxygen atoms in total. The van der Waals surface area contributed by atoms with Crippen LogP contribution >= 0.6 is 11.8 Å². The molecule has 3 aromatic carbocycles. The quantitative estimate of drug-likeness (QED) is 0.254. The first-order valence-electron chi connectivity index (χ1n) is 10.8. The molecule has 0 fully saturated rings. The molecule has 0 saturated heterocycles. The number of carbonyl (C=O) groups excluding carboxylic acids is 1. The van der Waals surface area contributed by atoms with E-state index < -0.39 is 0 Å². The number of ether oxygens (including phenoxy) is 1. The van der Waals surface area contributed by atoms with Crippen LogP contribution in [0.3, 0.4) is 0 Å². The van der Waals surface area contributed by atoms with Gasteiger partial charge in [0.05, 0.1) is 11.3 Å². The zero-order chi connectivity index (χ0) is 22.8. The van der Waals surface area contributed by atoms with Gasteiger partial charge >= 0.3 is 0 Å². The van der Waals surface area contributed by atoms with Crippen LogP contribution in [0.5, 0.6) is 11.6 Å². The smallest absolute Gasteiger partial charge is 0.234 e. The number of amides is 1. The largest absolute Gasteiger partial charge is 0.438 e. The second kappa shape index (κ2) is 9.08. The Bertz CT molecular complexity index is 1340. The number of anilines is 1. The summed E-state index contributed by atoms with van der Waals surface area (Å²) in [5, 5.41) is 3.76. The predicted molar refractivity (Wildman–Crippen MR) is 132 cm³/mol. The van der Waals surface area contributed by atoms with Gasteiger partial charge in [0, 0.05) is 17.7 Å². The molecule has 164 valence electrons. The lowest BCUT2D eigenvalue weighted by molar-refractivity contribution is -0.113. The Morgan fingerprint density at radius 1 is 0.939 bits per heavy atom. The van der Waals surface area contributed by atoms with E-state index in [1.807, 2.05) is 80.6 Å². The van der Waals surface area contributed by atoms with E-state index in [9.17, 15) is 4.79 Å². The van der Waals surface area contributed by atoms with E-state index >= 15 is 0 Å². The third-order valence-electron chi connectivity index (χ3n) is 5.58. The summed E-state index contributed by atoms with van der Waals surface area (Å²) in [6.45, 7) is 4.02. The van der Waals surface area contributed by atoms with Crippen LogP contribution in [-0.4, -0.2) is 21.6 Å². The highest BCUT2D eigenvalue weighted by Crippen LogP contribution is 2.41. The number of nitrogens with zero attached hydrogens (tertiary/aromatic N) is 2. The van der Waals surface area contributed by atoms with Gasteiger partial charge < -0.3 is 10.1 Å². The SMILES string of the molecule is Cc1ccccc1NC(=O)CSc1nc(-c2ccccc2)nc2c1Cc1cccc(C)c1O2. The minimum absolute atomic E-state index is 0.0732. The molecule has 1 N–H and O–H groups in total. The number of hydrogen-bond donors (Lipinski definition) is 1. The Labute approximate surface area is 197 Å². The van der Waals surface area contributed by atoms with Crippen LogP contribution in [0.25, 0.3) is 11.4 Å². The number of rotatable bonds is 5. The first-order chi connectivity index (χ1) is 16.1. The molecule has 4 aromatic rings. The fraction of sp³-hybridized carbons (Fsp3) is 0.148. The van der Waals surface area contributed by atoms with Crippen LogP contribution in [0.4, 0.5) is 5.69 Å². The summed E-state index contributed by atoms with van der Waals surface area (Å²) in [5.41, 5.74) is 5.86. The van der Waals surface area contributed by atoms with Crippen molar-refractivity contribution in [3.05, 3.63) is 95.1 Å². The number of benzene rings is 3. The molecule has 0 unspecified atom stereocenters. The normalized spacial score (nSPS) is 11.8. The summed E-state index contributed by atoms with van der Waals surface area (Å²) in [6.07, 6.45) is 0.670. The number of aromatic nitrogens is 2. The molecule has 0 atom stereocenters. The van der Waals surface area contributed by atoms with E-state index in [-0.39, 0.29) is 11.7 Å². The molecular formula is C27H23N3O2S. The molecule has 1 aromatic heterocycles. The lowest BCUT2D eigenvalue weighted by Crippen LogP contribution is -2.16. The molecule has 0 spiro atoms. The van der Waals surface area contributed by atoms with Gasteiger partial charge in [0.2, 0.25) is 11.8 Å². The van der Waals surface area contributed by atoms with Crippen molar-refractivity contribution < 1.29 is 9.53 Å². The molecule has 6 heteroatoms. The summed E-state index contributed by atoms with van der Waals surface area (Å²) in [6, 6.07) is 23.7. The van der Waals surface area contributed by atoms with Crippen LogP contribution in [-0.2, 0) is 11.2 Å². The summed E-state index contributed by atoms with van der Waals surface area (Å²) in [7, 11) is 0. The van der Waals surface area contributed by atoms with Crippen molar-refractivity contribution in [3.63, 3.8) is 0 Å². The summed E-state index contributed by atoms with van der Waals surface area (Å²) in [4.78, 5) is 22.3. The van der Waals surface area contributed by atoms with Gasteiger partial charge in [0.25, 0.3) is 0 Å². The molecular weight excluding hydrogens is 430 g/mol. The summed E-state index contributed by atoms with van der Waals surface area (Å²) < 4.78 is 6.26. The Morgan fingerprint density at radius 3 is 2.52 bits per heavy atom. The Kier molecular flexibility index (Phi) is 5.84. The fourth-order valence-electron chi connectivity index (χ4n) is 3.83. The van der Waals surface area contributed by atoms with Crippen molar-refractivity contribution in [1.82, 2.24) is 9.97 Å². The number of para-hydroxylation sites is 2. The van der Waals surface area contributed by atoms with Crippen molar-refractivity contribution in [2.45, 2.75) is 25.3 Å². The van der Waals surface area contributed by atoms with Gasteiger partial charge in [-0.25, -0.2) is 4.98 Å². The van der Waals surface area contributed by atoms with Gasteiger partial charge in [0.15, 0.2) is 5.82 Å². The first-order valence-corrected chi connectivity index (χ1v) is 11.8. The topological polar surface area (TPSA) is 64.1 Å². The highest BCUT2D eigenvalue weighted by atomic mass is 32.2. The number of hydrogen-bond acceptors (Lipinski definition) is 5. The maximum absolute atomic E-state index is 12.7. The molecule has 33 heavy (non-hydrogen) atoms. The lowest BCUT2D eigenvalue weighted by Gasteiger charge is -2.23. The van der Waals surface area contributed by atoms with Crippen LogP contribution < -0.4 is 10.1 Å². The summed E-state index contributed by atoms with van der Waals surface area (Å²) in [5.74, 6) is 2.18. The van der Waals surface area contributed by atoms with Gasteiger partial charge in [-0.2, -0.15) is 4.98 Å². The van der Waals surface area contributed by atoms with Gasteiger partial charge in [-0.1, -0.05) is 78.5 Å². The van der Waals surface area contributed by atoms with E-state index in [2.05, 4.69) is 11.4 Å². The van der Waals surface area contributed by atoms with E-state index in [0.717, 1.165) is 44.3 Å². The van der Waals surface area contributed by atoms with Crippen molar-refractivity contribution in [2.75, 3.05) is 11.1 Å². The average Bonchev–Trinajstić information content (AvgIpc) is 2.84. The van der Waals surface area contributed by atoms with Gasteiger partial charge in [-0.3, -0.25) is 4.79 Å². The van der Waals surface area contributed by atoms with Gasteiger partial charge in [-0.05, 0) is 36.6 Å². The molecule has 1 aliphatic heterocycles. The molecule has 0 bridgehead atoms. The first kappa shape index (κ1) is 21.2. The molecule has 1 amide bonds. The maximum Gasteiger partial charge on any atom is 0.234 e. The van der Waals surface area contributed by atoms with E-state index in [4.69, 9.17) is 14.7 Å². The number of fused-ring (bicyclic) bond motifs is 2. The monoisotopic (exact) mass is 453 g/mol. The number of aryl methyl sites for hydroxylation is 2. The minimum Gasteiger partial charge on any atom is -0.438 e. The van der Waals surface area contributed by atoms with Crippen molar-refractivity contribution in [2.24, 2.45) is 0 Å². The lowest BCUT2D eigenvalue weighted by atomic mass is 10.0. The third-order valence-corrected chi connectivity index (χ3v) is 6.60. The maximum atomic E-state index is 12.7. The van der Waals surface area contributed by atoms with Crippen molar-refractivity contribution in [1.29, 1.82) is 0 Å². The summed E-state index contributed by atoms with van der Waals surface area (Å²) >= 11 is 1.41. The van der Waals surface area contributed by atoms with E-state index in [1.54, 1.807) is 0 Å². The number of nitrogens with one attached hydrogen (secondary N) is 1. The van der Waals surface area contributed by atoms with Gasteiger partial charge in [-0.15, -0.1) is 0 Å². The molecule has 0 saturated carbocycles. The Hall–Kier alpha value is -3.64. The van der Waals surface area contributed by atoms with Crippen LogP contribution in [0.1, 0.15) is 22.3 Å². The molecule has 2 heterocycles. The number of carbonyl (C=O) groups is 1. The van der Waals surface area contributed by atoms with E-state index in [0.29, 0.717) is 18.1 Å². The zero-order valence-electron chi connectivity index (χ0n) is 18.5. The number of thioether (sulfide) groups is 1. The molecule has 0 radical (unpaired) electrons. The second-order valence-electron chi connectivity index (χ2n) is 8.00. The van der Waals surface area contributed by atoms with Crippen molar-refractivity contribution in [3.8, 4) is 23.0 Å². The fourth-order valence-corrected chi connectivity index (χ4v) is 4.66. The Balaban J connectivity index is 1.46.